The highest BCUT2D eigenvalue weighted by Crippen LogP contribution is 2.34. The number of sulfonamides is 1. The summed E-state index contributed by atoms with van der Waals surface area (Å²) in [4.78, 5) is 13.8. The second-order valence-corrected chi connectivity index (χ2v) is 8.88. The number of benzene rings is 2. The molecule has 2 aromatic rings. The van der Waals surface area contributed by atoms with Crippen LogP contribution in [0.2, 0.25) is 0 Å². The lowest BCUT2D eigenvalue weighted by atomic mass is 10.0. The average Bonchev–Trinajstić information content (AvgIpc) is 3.08. The van der Waals surface area contributed by atoms with E-state index in [1.807, 2.05) is 39.0 Å². The summed E-state index contributed by atoms with van der Waals surface area (Å²) in [5.41, 5.74) is 3.67. The van der Waals surface area contributed by atoms with Gasteiger partial charge in [-0.25, -0.2) is 13.1 Å². The first kappa shape index (κ1) is 20.4. The van der Waals surface area contributed by atoms with E-state index in [1.54, 1.807) is 11.0 Å². The van der Waals surface area contributed by atoms with Crippen molar-refractivity contribution in [3.63, 3.8) is 0 Å². The molecule has 0 saturated carbocycles. The van der Waals surface area contributed by atoms with Crippen molar-refractivity contribution >= 4 is 21.6 Å². The summed E-state index contributed by atoms with van der Waals surface area (Å²) in [6, 6.07) is 10.1. The molecule has 1 N–H and O–H groups in total. The first-order valence-electron chi connectivity index (χ1n) is 9.31. The highest BCUT2D eigenvalue weighted by molar-refractivity contribution is 7.89. The van der Waals surface area contributed by atoms with E-state index in [4.69, 9.17) is 4.74 Å². The molecule has 1 aliphatic heterocycles. The largest absolute Gasteiger partial charge is 0.495 e. The van der Waals surface area contributed by atoms with E-state index in [1.165, 1.54) is 19.2 Å². The fraction of sp³-hybridized carbons (Fsp3) is 0.381. The molecule has 0 aromatic heterocycles. The minimum Gasteiger partial charge on any atom is -0.495 e. The van der Waals surface area contributed by atoms with Gasteiger partial charge in [0, 0.05) is 19.0 Å². The molecule has 1 atom stereocenters. The molecule has 28 heavy (non-hydrogen) atoms. The van der Waals surface area contributed by atoms with Crippen LogP contribution in [0.1, 0.15) is 42.5 Å². The molecule has 1 aliphatic rings. The zero-order valence-corrected chi connectivity index (χ0v) is 17.5. The van der Waals surface area contributed by atoms with E-state index in [9.17, 15) is 13.2 Å². The lowest BCUT2D eigenvalue weighted by Gasteiger charge is -2.21. The standard InChI is InChI=1S/C21H26N2O4S/c1-14-7-8-17(12-15(14)2)16(3)22-28(25,26)18-9-10-20(27-4)19(13-18)23-11-5-6-21(23)24/h7-10,12-13,16,22H,5-6,11H2,1-4H3/t16-/m1/s1. The van der Waals surface area contributed by atoms with Gasteiger partial charge >= 0.3 is 0 Å². The first-order valence-corrected chi connectivity index (χ1v) is 10.8. The van der Waals surface area contributed by atoms with E-state index >= 15 is 0 Å². The Morgan fingerprint density at radius 3 is 2.46 bits per heavy atom. The van der Waals surface area contributed by atoms with Crippen LogP contribution in [0, 0.1) is 13.8 Å². The second kappa shape index (κ2) is 7.93. The molecule has 0 bridgehead atoms. The third kappa shape index (κ3) is 4.05. The normalized spacial score (nSPS) is 15.7. The Balaban J connectivity index is 1.90. The summed E-state index contributed by atoms with van der Waals surface area (Å²) in [6.45, 7) is 6.40. The van der Waals surface area contributed by atoms with Gasteiger partial charge in [0.2, 0.25) is 15.9 Å². The van der Waals surface area contributed by atoms with Crippen molar-refractivity contribution in [3.8, 4) is 5.75 Å². The lowest BCUT2D eigenvalue weighted by Crippen LogP contribution is -2.28. The van der Waals surface area contributed by atoms with Crippen LogP contribution in [0.15, 0.2) is 41.3 Å². The maximum absolute atomic E-state index is 13.0. The number of carbonyl (C=O) groups excluding carboxylic acids is 1. The van der Waals surface area contributed by atoms with Gasteiger partial charge in [0.15, 0.2) is 0 Å². The quantitative estimate of drug-likeness (QED) is 0.803. The number of nitrogens with zero attached hydrogens (tertiary/aromatic N) is 1. The third-order valence-electron chi connectivity index (χ3n) is 5.19. The van der Waals surface area contributed by atoms with Gasteiger partial charge in [-0.1, -0.05) is 18.2 Å². The van der Waals surface area contributed by atoms with Crippen molar-refractivity contribution in [2.45, 2.75) is 44.6 Å². The number of nitrogens with one attached hydrogen (secondary N) is 1. The van der Waals surface area contributed by atoms with Crippen LogP contribution in [0.3, 0.4) is 0 Å². The Bertz CT molecular complexity index is 1000. The Labute approximate surface area is 166 Å². The van der Waals surface area contributed by atoms with Crippen molar-refractivity contribution in [2.75, 3.05) is 18.6 Å². The van der Waals surface area contributed by atoms with Gasteiger partial charge in [-0.05, 0) is 62.1 Å². The topological polar surface area (TPSA) is 75.7 Å². The first-order chi connectivity index (χ1) is 13.2. The van der Waals surface area contributed by atoms with Crippen LogP contribution in [-0.2, 0) is 14.8 Å². The Morgan fingerprint density at radius 2 is 1.86 bits per heavy atom. The Kier molecular flexibility index (Phi) is 5.76. The number of anilines is 1. The maximum atomic E-state index is 13.0. The summed E-state index contributed by atoms with van der Waals surface area (Å²) < 4.78 is 34.0. The van der Waals surface area contributed by atoms with Gasteiger partial charge in [0.1, 0.15) is 5.75 Å². The van der Waals surface area contributed by atoms with E-state index in [2.05, 4.69) is 4.72 Å². The fourth-order valence-corrected chi connectivity index (χ4v) is 4.61. The molecule has 0 radical (unpaired) electrons. The highest BCUT2D eigenvalue weighted by atomic mass is 32.2. The number of carbonyl (C=O) groups is 1. The van der Waals surface area contributed by atoms with Crippen LogP contribution < -0.4 is 14.4 Å². The molecule has 0 spiro atoms. The van der Waals surface area contributed by atoms with E-state index in [0.29, 0.717) is 24.4 Å². The smallest absolute Gasteiger partial charge is 0.241 e. The minimum absolute atomic E-state index is 0.0238. The van der Waals surface area contributed by atoms with Gasteiger partial charge in [0.25, 0.3) is 0 Å². The molecule has 1 heterocycles. The fourth-order valence-electron chi connectivity index (χ4n) is 3.35. The van der Waals surface area contributed by atoms with Crippen molar-refractivity contribution < 1.29 is 17.9 Å². The molecule has 0 aliphatic carbocycles. The molecular formula is C21H26N2O4S. The summed E-state index contributed by atoms with van der Waals surface area (Å²) >= 11 is 0. The van der Waals surface area contributed by atoms with E-state index in [0.717, 1.165) is 23.1 Å². The summed E-state index contributed by atoms with van der Waals surface area (Å²) in [6.07, 6.45) is 1.21. The molecule has 1 amide bonds. The van der Waals surface area contributed by atoms with Crippen LogP contribution in [-0.4, -0.2) is 28.0 Å². The summed E-state index contributed by atoms with van der Waals surface area (Å²) in [7, 11) is -2.26. The number of hydrogen-bond acceptors (Lipinski definition) is 4. The predicted octanol–water partition coefficient (Wildman–Crippen LogP) is 3.48. The molecular weight excluding hydrogens is 376 g/mol. The van der Waals surface area contributed by atoms with Gasteiger partial charge in [-0.2, -0.15) is 0 Å². The van der Waals surface area contributed by atoms with Crippen LogP contribution in [0.25, 0.3) is 0 Å². The predicted molar refractivity (Wildman–Crippen MR) is 109 cm³/mol. The third-order valence-corrected chi connectivity index (χ3v) is 6.73. The van der Waals surface area contributed by atoms with Gasteiger partial charge in [-0.15, -0.1) is 0 Å². The Hall–Kier alpha value is -2.38. The Morgan fingerprint density at radius 1 is 1.11 bits per heavy atom. The zero-order valence-electron chi connectivity index (χ0n) is 16.7. The van der Waals surface area contributed by atoms with E-state index < -0.39 is 10.0 Å². The van der Waals surface area contributed by atoms with Crippen molar-refractivity contribution in [2.24, 2.45) is 0 Å². The monoisotopic (exact) mass is 402 g/mol. The molecule has 150 valence electrons. The average molecular weight is 403 g/mol. The van der Waals surface area contributed by atoms with Gasteiger partial charge in [0.05, 0.1) is 17.7 Å². The summed E-state index contributed by atoms with van der Waals surface area (Å²) in [5.74, 6) is 0.459. The van der Waals surface area contributed by atoms with Crippen LogP contribution in [0.5, 0.6) is 5.75 Å². The molecule has 2 aromatic carbocycles. The second-order valence-electron chi connectivity index (χ2n) is 7.17. The van der Waals surface area contributed by atoms with Crippen molar-refractivity contribution in [1.29, 1.82) is 0 Å². The zero-order chi connectivity index (χ0) is 20.5. The molecule has 1 fully saturated rings. The molecule has 6 nitrogen and oxygen atoms in total. The number of hydrogen-bond donors (Lipinski definition) is 1. The molecule has 3 rings (SSSR count). The van der Waals surface area contributed by atoms with Crippen LogP contribution >= 0.6 is 0 Å². The number of ether oxygens (including phenoxy) is 1. The maximum Gasteiger partial charge on any atom is 0.241 e. The van der Waals surface area contributed by atoms with Gasteiger partial charge < -0.3 is 9.64 Å². The molecule has 0 unspecified atom stereocenters. The van der Waals surface area contributed by atoms with Gasteiger partial charge in [-0.3, -0.25) is 4.79 Å². The lowest BCUT2D eigenvalue weighted by molar-refractivity contribution is -0.117. The number of methoxy groups -OCH3 is 1. The van der Waals surface area contributed by atoms with Crippen molar-refractivity contribution in [3.05, 3.63) is 53.1 Å². The highest BCUT2D eigenvalue weighted by Gasteiger charge is 2.27. The summed E-state index contributed by atoms with van der Waals surface area (Å²) in [5, 5.41) is 0. The molecule has 7 heteroatoms. The minimum atomic E-state index is -3.77. The molecule has 1 saturated heterocycles. The van der Waals surface area contributed by atoms with E-state index in [-0.39, 0.29) is 16.8 Å². The number of rotatable bonds is 6. The number of amides is 1. The number of aryl methyl sites for hydroxylation is 2. The van der Waals surface area contributed by atoms with Crippen LogP contribution in [0.4, 0.5) is 5.69 Å². The van der Waals surface area contributed by atoms with Crippen molar-refractivity contribution in [1.82, 2.24) is 4.72 Å². The SMILES string of the molecule is COc1ccc(S(=O)(=O)N[C@H](C)c2ccc(C)c(C)c2)cc1N1CCCC1=O.